The molecule has 1 aromatic carbocycles. The number of hydrogen-bond acceptors (Lipinski definition) is 3. The van der Waals surface area contributed by atoms with Crippen molar-refractivity contribution in [2.45, 2.75) is 19.7 Å². The molecule has 1 rings (SSSR count). The molecule has 3 nitrogen and oxygen atoms in total. The summed E-state index contributed by atoms with van der Waals surface area (Å²) in [5, 5.41) is 0.418. The van der Waals surface area contributed by atoms with Crippen LogP contribution in [0.3, 0.4) is 0 Å². The molecule has 0 heterocycles. The molecule has 0 N–H and O–H groups in total. The van der Waals surface area contributed by atoms with Crippen molar-refractivity contribution < 1.29 is 27.4 Å². The summed E-state index contributed by atoms with van der Waals surface area (Å²) in [5.74, 6) is -0.990. The van der Waals surface area contributed by atoms with Crippen LogP contribution in [0.4, 0.5) is 13.2 Å². The van der Waals surface area contributed by atoms with Gasteiger partial charge in [0.25, 0.3) is 0 Å². The lowest BCUT2D eigenvalue weighted by atomic mass is 10.1. The molecule has 0 bridgehead atoms. The fourth-order valence-electron chi connectivity index (χ4n) is 1.45. The maximum absolute atomic E-state index is 12.3. The van der Waals surface area contributed by atoms with Crippen LogP contribution < -0.4 is 9.47 Å². The van der Waals surface area contributed by atoms with E-state index in [1.807, 2.05) is 0 Å². The smallest absolute Gasteiger partial charge is 0.489 e. The lowest BCUT2D eigenvalue weighted by Crippen LogP contribution is -2.18. The van der Waals surface area contributed by atoms with Gasteiger partial charge in [0, 0.05) is 11.8 Å². The van der Waals surface area contributed by atoms with Crippen molar-refractivity contribution in [3.63, 3.8) is 0 Å². The minimum absolute atomic E-state index is 0.0862. The Balaban J connectivity index is 3.17. The molecule has 0 aliphatic rings. The standard InChI is InChI=1S/C12H12BrF3O3/c1-2-18-11-8(9(17)6-7-13)4-3-5-10(11)19-12(14,15)16/h3-5H,2,6-7H2,1H3. The third-order valence-electron chi connectivity index (χ3n) is 2.12. The third-order valence-corrected chi connectivity index (χ3v) is 2.51. The van der Waals surface area contributed by atoms with Crippen LogP contribution in [0.5, 0.6) is 11.5 Å². The Bertz CT molecular complexity index is 446. The molecule has 0 saturated heterocycles. The van der Waals surface area contributed by atoms with Crippen LogP contribution in [0.2, 0.25) is 0 Å². The summed E-state index contributed by atoms with van der Waals surface area (Å²) >= 11 is 3.11. The van der Waals surface area contributed by atoms with Gasteiger partial charge in [0.2, 0.25) is 0 Å². The minimum atomic E-state index is -4.83. The van der Waals surface area contributed by atoms with E-state index in [-0.39, 0.29) is 30.1 Å². The van der Waals surface area contributed by atoms with Crippen molar-refractivity contribution in [3.8, 4) is 11.5 Å². The molecule has 0 radical (unpaired) electrons. The number of carbonyl (C=O) groups excluding carboxylic acids is 1. The molecular formula is C12H12BrF3O3. The minimum Gasteiger partial charge on any atom is -0.489 e. The van der Waals surface area contributed by atoms with Gasteiger partial charge in [-0.3, -0.25) is 4.79 Å². The quantitative estimate of drug-likeness (QED) is 0.581. The van der Waals surface area contributed by atoms with Crippen molar-refractivity contribution in [3.05, 3.63) is 23.8 Å². The third kappa shape index (κ3) is 4.74. The molecule has 0 amide bonds. The van der Waals surface area contributed by atoms with Crippen molar-refractivity contribution in [1.82, 2.24) is 0 Å². The Labute approximate surface area is 116 Å². The van der Waals surface area contributed by atoms with Crippen LogP contribution in [0.15, 0.2) is 18.2 Å². The molecule has 0 atom stereocenters. The number of alkyl halides is 4. The fourth-order valence-corrected chi connectivity index (χ4v) is 1.81. The van der Waals surface area contributed by atoms with Crippen molar-refractivity contribution in [2.75, 3.05) is 11.9 Å². The average molecular weight is 341 g/mol. The van der Waals surface area contributed by atoms with E-state index in [4.69, 9.17) is 4.74 Å². The summed E-state index contributed by atoms with van der Waals surface area (Å²) < 4.78 is 45.8. The molecule has 1 aromatic rings. The molecule has 0 fully saturated rings. The number of ether oxygens (including phenoxy) is 2. The maximum Gasteiger partial charge on any atom is 0.573 e. The van der Waals surface area contributed by atoms with Crippen molar-refractivity contribution >= 4 is 21.7 Å². The predicted octanol–water partition coefficient (Wildman–Crippen LogP) is 3.95. The number of para-hydroxylation sites is 1. The highest BCUT2D eigenvalue weighted by Gasteiger charge is 2.33. The molecule has 106 valence electrons. The molecule has 0 saturated carbocycles. The van der Waals surface area contributed by atoms with Crippen LogP contribution in [0.1, 0.15) is 23.7 Å². The highest BCUT2D eigenvalue weighted by atomic mass is 79.9. The lowest BCUT2D eigenvalue weighted by Gasteiger charge is -2.16. The average Bonchev–Trinajstić information content (AvgIpc) is 2.30. The molecule has 0 aromatic heterocycles. The van der Waals surface area contributed by atoms with Gasteiger partial charge in [0.15, 0.2) is 17.3 Å². The van der Waals surface area contributed by atoms with Gasteiger partial charge in [-0.25, -0.2) is 0 Å². The van der Waals surface area contributed by atoms with Crippen LogP contribution in [-0.2, 0) is 0 Å². The summed E-state index contributed by atoms with van der Waals surface area (Å²) in [5.41, 5.74) is 0.0862. The summed E-state index contributed by atoms with van der Waals surface area (Å²) in [6.07, 6.45) is -4.67. The number of hydrogen-bond donors (Lipinski definition) is 0. The zero-order valence-electron chi connectivity index (χ0n) is 10.1. The zero-order chi connectivity index (χ0) is 14.5. The molecule has 19 heavy (non-hydrogen) atoms. The Morgan fingerprint density at radius 2 is 2.05 bits per heavy atom. The van der Waals surface area contributed by atoms with Gasteiger partial charge in [0.05, 0.1) is 12.2 Å². The first-order valence-electron chi connectivity index (χ1n) is 5.49. The largest absolute Gasteiger partial charge is 0.573 e. The first-order chi connectivity index (χ1) is 8.89. The van der Waals surface area contributed by atoms with Gasteiger partial charge in [-0.1, -0.05) is 22.0 Å². The zero-order valence-corrected chi connectivity index (χ0v) is 11.7. The summed E-state index contributed by atoms with van der Waals surface area (Å²) in [7, 11) is 0. The summed E-state index contributed by atoms with van der Waals surface area (Å²) in [6.45, 7) is 1.75. The van der Waals surface area contributed by atoms with E-state index in [9.17, 15) is 18.0 Å². The van der Waals surface area contributed by atoms with E-state index in [0.717, 1.165) is 6.07 Å². The van der Waals surface area contributed by atoms with E-state index in [2.05, 4.69) is 20.7 Å². The lowest BCUT2D eigenvalue weighted by molar-refractivity contribution is -0.275. The SMILES string of the molecule is CCOc1c(OC(F)(F)F)cccc1C(=O)CCBr. The molecule has 0 aliphatic heterocycles. The van der Waals surface area contributed by atoms with Crippen molar-refractivity contribution in [2.24, 2.45) is 0 Å². The van der Waals surface area contributed by atoms with Gasteiger partial charge in [-0.05, 0) is 19.1 Å². The predicted molar refractivity (Wildman–Crippen MR) is 67.0 cm³/mol. The number of ketones is 1. The highest BCUT2D eigenvalue weighted by molar-refractivity contribution is 9.09. The second-order valence-electron chi connectivity index (χ2n) is 3.48. The second-order valence-corrected chi connectivity index (χ2v) is 4.27. The van der Waals surface area contributed by atoms with E-state index >= 15 is 0 Å². The van der Waals surface area contributed by atoms with E-state index in [1.54, 1.807) is 6.92 Å². The van der Waals surface area contributed by atoms with Gasteiger partial charge >= 0.3 is 6.36 Å². The van der Waals surface area contributed by atoms with Crippen LogP contribution in [0.25, 0.3) is 0 Å². The number of halogens is 4. The normalized spacial score (nSPS) is 11.2. The summed E-state index contributed by atoms with van der Waals surface area (Å²) in [4.78, 5) is 11.8. The van der Waals surface area contributed by atoms with Crippen molar-refractivity contribution in [1.29, 1.82) is 0 Å². The topological polar surface area (TPSA) is 35.5 Å². The highest BCUT2D eigenvalue weighted by Crippen LogP contribution is 2.35. The molecular weight excluding hydrogens is 329 g/mol. The number of carbonyl (C=O) groups is 1. The first kappa shape index (κ1) is 15.8. The van der Waals surface area contributed by atoms with Gasteiger partial charge in [0.1, 0.15) is 0 Å². The van der Waals surface area contributed by atoms with E-state index in [0.29, 0.717) is 5.33 Å². The molecule has 0 aliphatic carbocycles. The van der Waals surface area contributed by atoms with Crippen LogP contribution in [-0.4, -0.2) is 24.1 Å². The number of benzene rings is 1. The van der Waals surface area contributed by atoms with Crippen LogP contribution >= 0.6 is 15.9 Å². The fraction of sp³-hybridized carbons (Fsp3) is 0.417. The Kier molecular flexibility index (Phi) is 5.65. The first-order valence-corrected chi connectivity index (χ1v) is 6.62. The van der Waals surface area contributed by atoms with Crippen LogP contribution in [0, 0.1) is 0 Å². The Morgan fingerprint density at radius 3 is 2.58 bits per heavy atom. The van der Waals surface area contributed by atoms with Gasteiger partial charge in [-0.15, -0.1) is 13.2 Å². The molecule has 7 heteroatoms. The van der Waals surface area contributed by atoms with E-state index in [1.165, 1.54) is 12.1 Å². The van der Waals surface area contributed by atoms with E-state index < -0.39 is 12.1 Å². The van der Waals surface area contributed by atoms with Gasteiger partial charge < -0.3 is 9.47 Å². The second kappa shape index (κ2) is 6.79. The summed E-state index contributed by atoms with van der Waals surface area (Å²) in [6, 6.07) is 3.85. The van der Waals surface area contributed by atoms with Gasteiger partial charge in [-0.2, -0.15) is 0 Å². The molecule has 0 spiro atoms. The Hall–Kier alpha value is -1.24. The Morgan fingerprint density at radius 1 is 1.37 bits per heavy atom. The monoisotopic (exact) mass is 340 g/mol. The number of Topliss-reactive ketones (excluding diaryl/α,β-unsaturated/α-hetero) is 1. The maximum atomic E-state index is 12.3. The molecule has 0 unspecified atom stereocenters. The number of rotatable bonds is 6.